The molecule has 1 amide bonds. The molecule has 100 valence electrons. The number of rotatable bonds is 0. The predicted molar refractivity (Wildman–Crippen MR) is 66.8 cm³/mol. The van der Waals surface area contributed by atoms with Crippen molar-refractivity contribution < 1.29 is 14.6 Å². The molecule has 1 N–H and O–H groups in total. The summed E-state index contributed by atoms with van der Waals surface area (Å²) in [4.78, 5) is 13.6. The van der Waals surface area contributed by atoms with E-state index >= 15 is 0 Å². The first kappa shape index (κ1) is 14.3. The lowest BCUT2D eigenvalue weighted by Gasteiger charge is -2.27. The Morgan fingerprint density at radius 3 is 2.53 bits per heavy atom. The van der Waals surface area contributed by atoms with Crippen molar-refractivity contribution in [2.45, 2.75) is 58.7 Å². The summed E-state index contributed by atoms with van der Waals surface area (Å²) >= 11 is 0. The average Bonchev–Trinajstić information content (AvgIpc) is 2.25. The third-order valence-corrected chi connectivity index (χ3v) is 3.43. The Balaban J connectivity index is 2.60. The van der Waals surface area contributed by atoms with E-state index in [0.29, 0.717) is 19.5 Å². The van der Waals surface area contributed by atoms with Gasteiger partial charge in [-0.1, -0.05) is 6.92 Å². The highest BCUT2D eigenvalue weighted by Gasteiger charge is 2.34. The number of ether oxygens (including phenoxy) is 1. The monoisotopic (exact) mass is 243 g/mol. The third kappa shape index (κ3) is 4.19. The van der Waals surface area contributed by atoms with Gasteiger partial charge < -0.3 is 14.7 Å². The minimum Gasteiger partial charge on any atom is -0.444 e. The van der Waals surface area contributed by atoms with Crippen LogP contribution in [0.15, 0.2) is 0 Å². The second kappa shape index (κ2) is 4.84. The third-order valence-electron chi connectivity index (χ3n) is 3.43. The zero-order valence-electron chi connectivity index (χ0n) is 11.6. The van der Waals surface area contributed by atoms with E-state index in [9.17, 15) is 9.90 Å². The van der Waals surface area contributed by atoms with Gasteiger partial charge in [0.2, 0.25) is 0 Å². The molecular formula is C13H25NO3. The van der Waals surface area contributed by atoms with Crippen LogP contribution in [-0.2, 0) is 4.74 Å². The molecule has 0 bridgehead atoms. The Hall–Kier alpha value is -0.770. The van der Waals surface area contributed by atoms with Crippen LogP contribution in [0.1, 0.15) is 47.5 Å². The first-order chi connectivity index (χ1) is 7.62. The standard InChI is InChI=1S/C13H25NO3/c1-10-6-8-14(9-7-13(10,5)16)11(15)17-12(2,3)4/h10,16H,6-9H2,1-5H3/t10-,13-/m1/s1. The van der Waals surface area contributed by atoms with Gasteiger partial charge in [-0.3, -0.25) is 0 Å². The van der Waals surface area contributed by atoms with Gasteiger partial charge in [-0.25, -0.2) is 4.79 Å². The number of likely N-dealkylation sites (tertiary alicyclic amines) is 1. The van der Waals surface area contributed by atoms with Crippen molar-refractivity contribution in [2.24, 2.45) is 5.92 Å². The molecule has 0 saturated carbocycles. The summed E-state index contributed by atoms with van der Waals surface area (Å²) in [5.41, 5.74) is -1.14. The lowest BCUT2D eigenvalue weighted by molar-refractivity contribution is 0.000933. The molecule has 17 heavy (non-hydrogen) atoms. The van der Waals surface area contributed by atoms with Crippen LogP contribution in [0.3, 0.4) is 0 Å². The number of carbonyl (C=O) groups is 1. The van der Waals surface area contributed by atoms with Crippen LogP contribution < -0.4 is 0 Å². The van der Waals surface area contributed by atoms with Crippen LogP contribution in [0.5, 0.6) is 0 Å². The molecule has 1 aliphatic heterocycles. The quantitative estimate of drug-likeness (QED) is 0.710. The predicted octanol–water partition coefficient (Wildman–Crippen LogP) is 2.40. The Morgan fingerprint density at radius 2 is 2.00 bits per heavy atom. The number of nitrogens with zero attached hydrogens (tertiary/aromatic N) is 1. The Labute approximate surface area is 104 Å². The summed E-state index contributed by atoms with van der Waals surface area (Å²) < 4.78 is 5.34. The number of aliphatic hydroxyl groups is 1. The minimum atomic E-state index is -0.684. The lowest BCUT2D eigenvalue weighted by atomic mass is 9.87. The first-order valence-corrected chi connectivity index (χ1v) is 6.32. The van der Waals surface area contributed by atoms with Crippen molar-refractivity contribution in [2.75, 3.05) is 13.1 Å². The van der Waals surface area contributed by atoms with Gasteiger partial charge in [-0.05, 0) is 46.5 Å². The summed E-state index contributed by atoms with van der Waals surface area (Å²) in [6.07, 6.45) is 1.14. The summed E-state index contributed by atoms with van der Waals surface area (Å²) in [6.45, 7) is 10.7. The first-order valence-electron chi connectivity index (χ1n) is 6.32. The normalized spacial score (nSPS) is 30.9. The van der Waals surface area contributed by atoms with Crippen molar-refractivity contribution in [1.82, 2.24) is 4.90 Å². The average molecular weight is 243 g/mol. The molecule has 2 atom stereocenters. The summed E-state index contributed by atoms with van der Waals surface area (Å²) in [5.74, 6) is 0.204. The van der Waals surface area contributed by atoms with Crippen LogP contribution in [0.4, 0.5) is 4.79 Å². The largest absolute Gasteiger partial charge is 0.444 e. The maximum absolute atomic E-state index is 11.9. The fourth-order valence-corrected chi connectivity index (χ4v) is 1.89. The van der Waals surface area contributed by atoms with E-state index in [-0.39, 0.29) is 12.0 Å². The SMILES string of the molecule is C[C@@H]1CCN(C(=O)OC(C)(C)C)CC[C@@]1(C)O. The lowest BCUT2D eigenvalue weighted by Crippen LogP contribution is -2.38. The van der Waals surface area contributed by atoms with Gasteiger partial charge in [-0.2, -0.15) is 0 Å². The molecule has 1 aliphatic rings. The summed E-state index contributed by atoms with van der Waals surface area (Å²) in [7, 11) is 0. The zero-order valence-corrected chi connectivity index (χ0v) is 11.6. The van der Waals surface area contributed by atoms with Gasteiger partial charge in [0.05, 0.1) is 5.60 Å². The van der Waals surface area contributed by atoms with E-state index in [1.54, 1.807) is 4.90 Å². The van der Waals surface area contributed by atoms with Crippen LogP contribution in [-0.4, -0.2) is 40.4 Å². The fourth-order valence-electron chi connectivity index (χ4n) is 1.89. The molecule has 1 rings (SSSR count). The molecule has 0 aromatic rings. The van der Waals surface area contributed by atoms with Gasteiger partial charge in [-0.15, -0.1) is 0 Å². The van der Waals surface area contributed by atoms with E-state index in [1.807, 2.05) is 34.6 Å². The van der Waals surface area contributed by atoms with Gasteiger partial charge >= 0.3 is 6.09 Å². The van der Waals surface area contributed by atoms with Crippen molar-refractivity contribution in [3.8, 4) is 0 Å². The summed E-state index contributed by atoms with van der Waals surface area (Å²) in [5, 5.41) is 10.2. The Kier molecular flexibility index (Phi) is 4.07. The highest BCUT2D eigenvalue weighted by Crippen LogP contribution is 2.28. The van der Waals surface area contributed by atoms with Crippen molar-refractivity contribution in [3.63, 3.8) is 0 Å². The fraction of sp³-hybridized carbons (Fsp3) is 0.923. The smallest absolute Gasteiger partial charge is 0.410 e. The molecule has 4 nitrogen and oxygen atoms in total. The van der Waals surface area contributed by atoms with E-state index in [0.717, 1.165) is 6.42 Å². The number of hydrogen-bond acceptors (Lipinski definition) is 3. The maximum Gasteiger partial charge on any atom is 0.410 e. The number of hydrogen-bond donors (Lipinski definition) is 1. The summed E-state index contributed by atoms with van der Waals surface area (Å²) in [6, 6.07) is 0. The van der Waals surface area contributed by atoms with Crippen molar-refractivity contribution in [3.05, 3.63) is 0 Å². The molecule has 0 spiro atoms. The topological polar surface area (TPSA) is 49.8 Å². The minimum absolute atomic E-state index is 0.204. The van der Waals surface area contributed by atoms with E-state index in [1.165, 1.54) is 0 Å². The molecule has 0 radical (unpaired) electrons. The van der Waals surface area contributed by atoms with Crippen LogP contribution >= 0.6 is 0 Å². The molecule has 1 fully saturated rings. The van der Waals surface area contributed by atoms with Crippen LogP contribution in [0.2, 0.25) is 0 Å². The second-order valence-corrected chi connectivity index (χ2v) is 6.26. The van der Waals surface area contributed by atoms with Gasteiger partial charge in [0, 0.05) is 13.1 Å². The molecular weight excluding hydrogens is 218 g/mol. The van der Waals surface area contributed by atoms with E-state index in [2.05, 4.69) is 0 Å². The van der Waals surface area contributed by atoms with Crippen LogP contribution in [0.25, 0.3) is 0 Å². The number of carbonyl (C=O) groups excluding carboxylic acids is 1. The molecule has 0 aromatic heterocycles. The second-order valence-electron chi connectivity index (χ2n) is 6.26. The molecule has 0 aromatic carbocycles. The molecule has 4 heteroatoms. The van der Waals surface area contributed by atoms with E-state index < -0.39 is 11.2 Å². The van der Waals surface area contributed by atoms with E-state index in [4.69, 9.17) is 4.74 Å². The maximum atomic E-state index is 11.9. The molecule has 0 unspecified atom stereocenters. The molecule has 0 aliphatic carbocycles. The molecule has 1 heterocycles. The van der Waals surface area contributed by atoms with Crippen molar-refractivity contribution >= 4 is 6.09 Å². The van der Waals surface area contributed by atoms with Crippen molar-refractivity contribution in [1.29, 1.82) is 0 Å². The van der Waals surface area contributed by atoms with Crippen LogP contribution in [0, 0.1) is 5.92 Å². The molecule has 1 saturated heterocycles. The van der Waals surface area contributed by atoms with Gasteiger partial charge in [0.25, 0.3) is 0 Å². The highest BCUT2D eigenvalue weighted by atomic mass is 16.6. The Bertz CT molecular complexity index is 281. The highest BCUT2D eigenvalue weighted by molar-refractivity contribution is 5.68. The van der Waals surface area contributed by atoms with Gasteiger partial charge in [0.15, 0.2) is 0 Å². The zero-order chi connectivity index (χ0) is 13.3. The number of amides is 1. The Morgan fingerprint density at radius 1 is 1.41 bits per heavy atom. The van der Waals surface area contributed by atoms with Gasteiger partial charge in [0.1, 0.15) is 5.60 Å².